The number of hydrogen-bond donors (Lipinski definition) is 4. The van der Waals surface area contributed by atoms with E-state index >= 15 is 0 Å². The number of nitrogen functional groups attached to an aromatic ring is 1. The van der Waals surface area contributed by atoms with Gasteiger partial charge in [0.1, 0.15) is 28.5 Å². The molecule has 6 N–H and O–H groups in total. The number of fused-ring (bicyclic) bond motifs is 3. The third-order valence-corrected chi connectivity index (χ3v) is 9.20. The Balaban J connectivity index is 1.43. The van der Waals surface area contributed by atoms with Gasteiger partial charge in [-0.05, 0) is 31.7 Å². The molecule has 2 saturated heterocycles. The number of piperidine rings is 1. The number of sulfone groups is 1. The van der Waals surface area contributed by atoms with Crippen LogP contribution < -0.4 is 11.5 Å². The van der Waals surface area contributed by atoms with Crippen molar-refractivity contribution in [2.75, 3.05) is 12.0 Å². The Morgan fingerprint density at radius 2 is 1.83 bits per heavy atom. The highest BCUT2D eigenvalue weighted by Gasteiger charge is 2.46. The molecule has 6 rings (SSSR count). The summed E-state index contributed by atoms with van der Waals surface area (Å²) in [6.45, 7) is 0. The summed E-state index contributed by atoms with van der Waals surface area (Å²) in [5.41, 5.74) is 15.2. The number of aliphatic imine (C=N–C) groups is 1. The van der Waals surface area contributed by atoms with Crippen LogP contribution in [0.15, 0.2) is 58.7 Å². The Kier molecular flexibility index (Phi) is 6.64. The summed E-state index contributed by atoms with van der Waals surface area (Å²) in [6.07, 6.45) is 7.32. The average molecular weight is 588 g/mol. The molecule has 0 saturated carbocycles. The molecule has 5 heterocycles. The molecule has 216 valence electrons. The molecule has 1 aromatic carbocycles. The number of amides is 1. The molecule has 2 unspecified atom stereocenters. The molecule has 1 amide bonds. The lowest BCUT2D eigenvalue weighted by Crippen LogP contribution is -2.50. The van der Waals surface area contributed by atoms with E-state index in [9.17, 15) is 18.3 Å². The molecule has 42 heavy (non-hydrogen) atoms. The third-order valence-electron chi connectivity index (χ3n) is 8.04. The van der Waals surface area contributed by atoms with Gasteiger partial charge in [0, 0.05) is 47.1 Å². The molecule has 4 aromatic rings. The molecule has 0 spiro atoms. The van der Waals surface area contributed by atoms with Crippen molar-refractivity contribution in [2.24, 2.45) is 10.7 Å². The van der Waals surface area contributed by atoms with Crippen molar-refractivity contribution in [2.45, 2.75) is 48.6 Å². The predicted octanol–water partition coefficient (Wildman–Crippen LogP) is 2.35. The van der Waals surface area contributed by atoms with Crippen LogP contribution in [0.1, 0.15) is 37.3 Å². The van der Waals surface area contributed by atoms with E-state index in [4.69, 9.17) is 21.9 Å². The molecule has 2 fully saturated rings. The molecular formula is C28H29N9O4S. The normalized spacial score (nSPS) is 20.6. The molecule has 14 heteroatoms. The molecule has 2 aliphatic heterocycles. The Bertz CT molecular complexity index is 1860. The molecule has 2 bridgehead atoms. The van der Waals surface area contributed by atoms with E-state index in [0.717, 1.165) is 31.0 Å². The van der Waals surface area contributed by atoms with Crippen LogP contribution in [0, 0.1) is 5.41 Å². The van der Waals surface area contributed by atoms with E-state index in [1.807, 2.05) is 30.3 Å². The van der Waals surface area contributed by atoms with Gasteiger partial charge in [0.25, 0.3) is 5.91 Å². The summed E-state index contributed by atoms with van der Waals surface area (Å²) in [4.78, 5) is 27.5. The first-order valence-corrected chi connectivity index (χ1v) is 15.2. The van der Waals surface area contributed by atoms with Gasteiger partial charge in [-0.25, -0.2) is 18.4 Å². The van der Waals surface area contributed by atoms with Gasteiger partial charge in [0.05, 0.1) is 11.9 Å². The molecular weight excluding hydrogens is 558 g/mol. The number of nitrogens with two attached hydrogens (primary N) is 2. The van der Waals surface area contributed by atoms with Crippen molar-refractivity contribution in [3.05, 3.63) is 54.5 Å². The van der Waals surface area contributed by atoms with E-state index in [1.165, 1.54) is 10.7 Å². The van der Waals surface area contributed by atoms with Gasteiger partial charge in [-0.2, -0.15) is 9.61 Å². The zero-order valence-corrected chi connectivity index (χ0v) is 23.5. The first-order valence-electron chi connectivity index (χ1n) is 13.3. The lowest BCUT2D eigenvalue weighted by molar-refractivity contribution is -0.128. The van der Waals surface area contributed by atoms with Crippen LogP contribution in [-0.4, -0.2) is 74.4 Å². The SMILES string of the molecule is CS(=O)(=O)c1c(C2CC3CCC(C2)N3C(=O)C(N)=NC=N)nc2c(-c3cnc(-c4ccccc4)c(O)c3)cnn2c1N. The second-order valence-corrected chi connectivity index (χ2v) is 12.6. The lowest BCUT2D eigenvalue weighted by Gasteiger charge is -2.39. The summed E-state index contributed by atoms with van der Waals surface area (Å²) in [6, 6.07) is 10.5. The van der Waals surface area contributed by atoms with Gasteiger partial charge >= 0.3 is 0 Å². The van der Waals surface area contributed by atoms with Crippen LogP contribution in [0.25, 0.3) is 28.0 Å². The fourth-order valence-electron chi connectivity index (χ4n) is 6.29. The molecule has 0 radical (unpaired) electrons. The molecule has 13 nitrogen and oxygen atoms in total. The number of rotatable bonds is 5. The summed E-state index contributed by atoms with van der Waals surface area (Å²) >= 11 is 0. The third kappa shape index (κ3) is 4.53. The van der Waals surface area contributed by atoms with Crippen LogP contribution >= 0.6 is 0 Å². The standard InChI is InChI=1S/C28H29N9O4S/c1-42(40,41)24-23(16-9-18-7-8-19(10-16)36(18)28(39)25(30)33-14-29)35-27-20(13-34-37(27)26(24)31)17-11-21(38)22(32-12-17)15-5-3-2-4-6-15/h2-6,11-14,16,18-19,38H,7-10,31H2,1H3,(H3,29,30,33). The number of benzene rings is 1. The van der Waals surface area contributed by atoms with Crippen molar-refractivity contribution in [3.63, 3.8) is 0 Å². The number of aromatic hydroxyl groups is 1. The van der Waals surface area contributed by atoms with Gasteiger partial charge in [-0.3, -0.25) is 15.2 Å². The van der Waals surface area contributed by atoms with E-state index < -0.39 is 15.7 Å². The van der Waals surface area contributed by atoms with Crippen LogP contribution in [0.2, 0.25) is 0 Å². The number of nitrogens with zero attached hydrogens (tertiary/aromatic N) is 6. The van der Waals surface area contributed by atoms with Crippen molar-refractivity contribution >= 4 is 39.4 Å². The highest BCUT2D eigenvalue weighted by atomic mass is 32.2. The number of amidine groups is 1. The highest BCUT2D eigenvalue weighted by Crippen LogP contribution is 2.45. The first-order chi connectivity index (χ1) is 20.1. The Morgan fingerprint density at radius 1 is 1.14 bits per heavy atom. The van der Waals surface area contributed by atoms with Gasteiger partial charge < -0.3 is 21.5 Å². The molecule has 2 atom stereocenters. The minimum atomic E-state index is -3.81. The minimum absolute atomic E-state index is 0.0292. The smallest absolute Gasteiger partial charge is 0.289 e. The largest absolute Gasteiger partial charge is 0.506 e. The van der Waals surface area contributed by atoms with Crippen molar-refractivity contribution in [3.8, 4) is 28.1 Å². The topological polar surface area (TPSA) is 206 Å². The lowest BCUT2D eigenvalue weighted by atomic mass is 9.87. The average Bonchev–Trinajstić information content (AvgIpc) is 3.50. The van der Waals surface area contributed by atoms with Crippen LogP contribution in [-0.2, 0) is 14.6 Å². The van der Waals surface area contributed by atoms with E-state index in [0.29, 0.717) is 41.0 Å². The number of pyridine rings is 1. The van der Waals surface area contributed by atoms with Crippen LogP contribution in [0.3, 0.4) is 0 Å². The summed E-state index contributed by atoms with van der Waals surface area (Å²) in [7, 11) is -3.81. The predicted molar refractivity (Wildman–Crippen MR) is 157 cm³/mol. The van der Waals surface area contributed by atoms with E-state index in [1.54, 1.807) is 17.2 Å². The zero-order chi connectivity index (χ0) is 29.8. The van der Waals surface area contributed by atoms with E-state index in [-0.39, 0.29) is 40.3 Å². The second kappa shape index (κ2) is 10.2. The monoisotopic (exact) mass is 587 g/mol. The van der Waals surface area contributed by atoms with Crippen LogP contribution in [0.4, 0.5) is 5.82 Å². The van der Waals surface area contributed by atoms with Crippen LogP contribution in [0.5, 0.6) is 5.75 Å². The summed E-state index contributed by atoms with van der Waals surface area (Å²) < 4.78 is 27.4. The molecule has 0 aliphatic carbocycles. The van der Waals surface area contributed by atoms with Crippen molar-refractivity contribution in [1.82, 2.24) is 24.5 Å². The fraction of sp³-hybridized carbons (Fsp3) is 0.286. The Morgan fingerprint density at radius 3 is 2.45 bits per heavy atom. The number of hydrogen-bond acceptors (Lipinski definition) is 9. The summed E-state index contributed by atoms with van der Waals surface area (Å²) in [5, 5.41) is 22.3. The maximum atomic E-state index is 13.0. The van der Waals surface area contributed by atoms with Crippen molar-refractivity contribution < 1.29 is 18.3 Å². The zero-order valence-electron chi connectivity index (χ0n) is 22.7. The quantitative estimate of drug-likeness (QED) is 0.199. The van der Waals surface area contributed by atoms with Gasteiger partial charge in [0.2, 0.25) is 0 Å². The first kappa shape index (κ1) is 27.3. The molecule has 2 aliphatic rings. The maximum Gasteiger partial charge on any atom is 0.289 e. The number of aromatic nitrogens is 4. The minimum Gasteiger partial charge on any atom is -0.506 e. The Hall–Kier alpha value is -4.85. The Labute approximate surface area is 241 Å². The fourth-order valence-corrected chi connectivity index (χ4v) is 7.34. The second-order valence-electron chi connectivity index (χ2n) is 10.6. The number of anilines is 1. The van der Waals surface area contributed by atoms with Gasteiger partial charge in [-0.1, -0.05) is 30.3 Å². The highest BCUT2D eigenvalue weighted by molar-refractivity contribution is 7.91. The molecule has 3 aromatic heterocycles. The summed E-state index contributed by atoms with van der Waals surface area (Å²) in [5.74, 6) is -1.08. The van der Waals surface area contributed by atoms with Gasteiger partial charge in [-0.15, -0.1) is 0 Å². The van der Waals surface area contributed by atoms with Gasteiger partial charge in [0.15, 0.2) is 21.3 Å². The van der Waals surface area contributed by atoms with Crippen molar-refractivity contribution in [1.29, 1.82) is 5.41 Å². The number of carbonyl (C=O) groups excluding carboxylic acids is 1. The van der Waals surface area contributed by atoms with E-state index in [2.05, 4.69) is 15.1 Å². The number of carbonyl (C=O) groups is 1. The maximum absolute atomic E-state index is 13.0. The number of nitrogens with one attached hydrogen (secondary N) is 1.